The molecule has 1 fully saturated rings. The van der Waals surface area contributed by atoms with E-state index in [0.29, 0.717) is 5.92 Å². The maximum atomic E-state index is 6.48. The van der Waals surface area contributed by atoms with E-state index in [4.69, 9.17) is 16.3 Å². The lowest BCUT2D eigenvalue weighted by Gasteiger charge is -2.26. The predicted molar refractivity (Wildman–Crippen MR) is 71.9 cm³/mol. The first-order valence-corrected chi connectivity index (χ1v) is 7.69. The van der Waals surface area contributed by atoms with Crippen LogP contribution in [-0.2, 0) is 4.74 Å². The minimum absolute atomic E-state index is 0.0576. The zero-order valence-corrected chi connectivity index (χ0v) is 12.8. The fourth-order valence-electron chi connectivity index (χ4n) is 1.79. The molecule has 0 spiro atoms. The van der Waals surface area contributed by atoms with E-state index in [9.17, 15) is 0 Å². The minimum atomic E-state index is 0.0576. The molecule has 1 aromatic heterocycles. The SMILES string of the molecule is ClC(c1cc(Br)sc1Br)C1CCCOC1. The molecular weight excluding hydrogens is 363 g/mol. The zero-order valence-electron chi connectivity index (χ0n) is 8.01. The van der Waals surface area contributed by atoms with Crippen LogP contribution >= 0.6 is 54.8 Å². The standard InChI is InChI=1S/C10H11Br2ClOS/c11-8-4-7(10(12)15-8)9(13)6-2-1-3-14-5-6/h4,6,9H,1-3,5H2. The van der Waals surface area contributed by atoms with Crippen molar-refractivity contribution in [2.24, 2.45) is 5.92 Å². The average molecular weight is 375 g/mol. The van der Waals surface area contributed by atoms with Gasteiger partial charge in [0.05, 0.1) is 19.6 Å². The first-order chi connectivity index (χ1) is 7.18. The van der Waals surface area contributed by atoms with Gasteiger partial charge in [0.15, 0.2) is 0 Å². The van der Waals surface area contributed by atoms with Gasteiger partial charge >= 0.3 is 0 Å². The quantitative estimate of drug-likeness (QED) is 0.664. The second-order valence-corrected chi connectivity index (χ2v) is 7.88. The molecule has 0 aliphatic carbocycles. The van der Waals surface area contributed by atoms with Gasteiger partial charge in [-0.1, -0.05) is 0 Å². The molecule has 0 saturated carbocycles. The van der Waals surface area contributed by atoms with Gasteiger partial charge in [-0.05, 0) is 56.3 Å². The molecule has 2 unspecified atom stereocenters. The molecule has 0 bridgehead atoms. The molecule has 2 rings (SSSR count). The van der Waals surface area contributed by atoms with Crippen LogP contribution in [0.3, 0.4) is 0 Å². The van der Waals surface area contributed by atoms with Crippen molar-refractivity contribution in [1.82, 2.24) is 0 Å². The summed E-state index contributed by atoms with van der Waals surface area (Å²) in [5.41, 5.74) is 1.18. The van der Waals surface area contributed by atoms with Crippen molar-refractivity contribution >= 4 is 54.8 Å². The Morgan fingerprint density at radius 2 is 2.33 bits per heavy atom. The molecule has 0 radical (unpaired) electrons. The molecule has 2 atom stereocenters. The van der Waals surface area contributed by atoms with Gasteiger partial charge in [-0.15, -0.1) is 22.9 Å². The number of ether oxygens (including phenoxy) is 1. The molecule has 1 aromatic rings. The van der Waals surface area contributed by atoms with Gasteiger partial charge in [0.2, 0.25) is 0 Å². The van der Waals surface area contributed by atoms with E-state index < -0.39 is 0 Å². The van der Waals surface area contributed by atoms with E-state index in [1.807, 2.05) is 0 Å². The third-order valence-corrected chi connectivity index (χ3v) is 5.57. The highest BCUT2D eigenvalue weighted by Crippen LogP contribution is 2.42. The van der Waals surface area contributed by atoms with Crippen LogP contribution in [0.25, 0.3) is 0 Å². The molecule has 1 aliphatic heterocycles. The lowest BCUT2D eigenvalue weighted by atomic mass is 9.95. The molecule has 5 heteroatoms. The lowest BCUT2D eigenvalue weighted by molar-refractivity contribution is 0.0531. The smallest absolute Gasteiger partial charge is 0.0757 e. The van der Waals surface area contributed by atoms with Crippen molar-refractivity contribution in [3.63, 3.8) is 0 Å². The van der Waals surface area contributed by atoms with Crippen molar-refractivity contribution in [3.8, 4) is 0 Å². The van der Waals surface area contributed by atoms with Crippen molar-refractivity contribution in [2.45, 2.75) is 18.2 Å². The van der Waals surface area contributed by atoms with Gasteiger partial charge in [-0.3, -0.25) is 0 Å². The molecule has 1 aliphatic rings. The first kappa shape index (κ1) is 12.4. The number of alkyl halides is 1. The fraction of sp³-hybridized carbons (Fsp3) is 0.600. The van der Waals surface area contributed by atoms with Crippen LogP contribution in [0, 0.1) is 5.92 Å². The highest BCUT2D eigenvalue weighted by molar-refractivity contribution is 9.12. The zero-order chi connectivity index (χ0) is 10.8. The minimum Gasteiger partial charge on any atom is -0.381 e. The molecule has 1 nitrogen and oxygen atoms in total. The molecule has 0 N–H and O–H groups in total. The van der Waals surface area contributed by atoms with Crippen LogP contribution in [0.1, 0.15) is 23.8 Å². The van der Waals surface area contributed by atoms with Crippen LogP contribution in [0.5, 0.6) is 0 Å². The van der Waals surface area contributed by atoms with Gasteiger partial charge in [-0.2, -0.15) is 0 Å². The Balaban J connectivity index is 2.12. The summed E-state index contributed by atoms with van der Waals surface area (Å²) in [6, 6.07) is 2.10. The number of thiophene rings is 1. The second kappa shape index (κ2) is 5.50. The van der Waals surface area contributed by atoms with E-state index in [1.54, 1.807) is 11.3 Å². The summed E-state index contributed by atoms with van der Waals surface area (Å²) in [5.74, 6) is 0.443. The molecule has 0 amide bonds. The molecule has 0 aromatic carbocycles. The summed E-state index contributed by atoms with van der Waals surface area (Å²) in [5, 5.41) is 0.0576. The van der Waals surface area contributed by atoms with Crippen LogP contribution in [0.2, 0.25) is 0 Å². The molecule has 15 heavy (non-hydrogen) atoms. The maximum Gasteiger partial charge on any atom is 0.0757 e. The van der Waals surface area contributed by atoms with Crippen LogP contribution in [-0.4, -0.2) is 13.2 Å². The van der Waals surface area contributed by atoms with Crippen LogP contribution < -0.4 is 0 Å². The first-order valence-electron chi connectivity index (χ1n) is 4.85. The highest BCUT2D eigenvalue weighted by atomic mass is 79.9. The topological polar surface area (TPSA) is 9.23 Å². The van der Waals surface area contributed by atoms with Crippen molar-refractivity contribution in [1.29, 1.82) is 0 Å². The average Bonchev–Trinajstić information content (AvgIpc) is 2.58. The summed E-state index contributed by atoms with van der Waals surface area (Å²) >= 11 is 15.2. The van der Waals surface area contributed by atoms with Crippen LogP contribution in [0.15, 0.2) is 13.6 Å². The normalized spacial score (nSPS) is 24.1. The summed E-state index contributed by atoms with van der Waals surface area (Å²) in [6.07, 6.45) is 2.28. The third kappa shape index (κ3) is 2.97. The van der Waals surface area contributed by atoms with E-state index in [-0.39, 0.29) is 5.38 Å². The van der Waals surface area contributed by atoms with Crippen molar-refractivity contribution in [2.75, 3.05) is 13.2 Å². The lowest BCUT2D eigenvalue weighted by Crippen LogP contribution is -2.21. The number of hydrogen-bond donors (Lipinski definition) is 0. The fourth-order valence-corrected chi connectivity index (χ4v) is 5.29. The molecule has 84 valence electrons. The van der Waals surface area contributed by atoms with Crippen molar-refractivity contribution in [3.05, 3.63) is 19.2 Å². The second-order valence-electron chi connectivity index (χ2n) is 3.66. The Labute approximate surface area is 115 Å². The third-order valence-electron chi connectivity index (χ3n) is 2.59. The van der Waals surface area contributed by atoms with Gasteiger partial charge in [0, 0.05) is 12.5 Å². The highest BCUT2D eigenvalue weighted by Gasteiger charge is 2.26. The van der Waals surface area contributed by atoms with E-state index in [1.165, 1.54) is 5.56 Å². The van der Waals surface area contributed by atoms with Gasteiger partial charge < -0.3 is 4.74 Å². The largest absolute Gasteiger partial charge is 0.381 e. The predicted octanol–water partition coefficient (Wildman–Crippen LogP) is 4.98. The number of halogens is 3. The Morgan fingerprint density at radius 1 is 1.53 bits per heavy atom. The summed E-state index contributed by atoms with van der Waals surface area (Å²) in [7, 11) is 0. The van der Waals surface area contributed by atoms with E-state index in [2.05, 4.69) is 37.9 Å². The van der Waals surface area contributed by atoms with Gasteiger partial charge in [0.1, 0.15) is 0 Å². The Kier molecular flexibility index (Phi) is 4.53. The Morgan fingerprint density at radius 3 is 2.87 bits per heavy atom. The monoisotopic (exact) mass is 372 g/mol. The summed E-state index contributed by atoms with van der Waals surface area (Å²) in [6.45, 7) is 1.67. The van der Waals surface area contributed by atoms with E-state index in [0.717, 1.165) is 33.6 Å². The van der Waals surface area contributed by atoms with Gasteiger partial charge in [0.25, 0.3) is 0 Å². The number of rotatable bonds is 2. The molecule has 1 saturated heterocycles. The number of hydrogen-bond acceptors (Lipinski definition) is 2. The van der Waals surface area contributed by atoms with Crippen LogP contribution in [0.4, 0.5) is 0 Å². The van der Waals surface area contributed by atoms with Crippen molar-refractivity contribution < 1.29 is 4.74 Å². The van der Waals surface area contributed by atoms with E-state index >= 15 is 0 Å². The Hall–Kier alpha value is 0.910. The summed E-state index contributed by atoms with van der Waals surface area (Å²) in [4.78, 5) is 0. The maximum absolute atomic E-state index is 6.48. The Bertz CT molecular complexity index is 336. The summed E-state index contributed by atoms with van der Waals surface area (Å²) < 4.78 is 7.71. The molecular formula is C10H11Br2ClOS. The molecule has 2 heterocycles. The van der Waals surface area contributed by atoms with Gasteiger partial charge in [-0.25, -0.2) is 0 Å².